The fourth-order valence-electron chi connectivity index (χ4n) is 3.75. The lowest BCUT2D eigenvalue weighted by molar-refractivity contribution is -0.131. The Hall–Kier alpha value is -3.77. The number of piperazine rings is 1. The van der Waals surface area contributed by atoms with Crippen LogP contribution in [0, 0.1) is 25.1 Å². The van der Waals surface area contributed by atoms with Gasteiger partial charge in [-0.25, -0.2) is 19.3 Å². The van der Waals surface area contributed by atoms with E-state index < -0.39 is 0 Å². The molecule has 9 heteroatoms. The second-order valence-corrected chi connectivity index (χ2v) is 9.22. The molecule has 0 bridgehead atoms. The maximum atomic E-state index is 13.1. The molecule has 35 heavy (non-hydrogen) atoms. The Balaban J connectivity index is 1.36. The first-order valence-electron chi connectivity index (χ1n) is 11.5. The topological polar surface area (TPSA) is 74.2 Å². The maximum absolute atomic E-state index is 13.1. The molecular weight excluding hydrogens is 463 g/mol. The lowest BCUT2D eigenvalue weighted by Crippen LogP contribution is -2.49. The Morgan fingerprint density at radius 1 is 1.20 bits per heavy atom. The van der Waals surface area contributed by atoms with Crippen LogP contribution < -0.4 is 10.2 Å². The number of hydrogen-bond donors (Lipinski definition) is 1. The van der Waals surface area contributed by atoms with E-state index in [1.165, 1.54) is 23.5 Å². The molecule has 1 aliphatic rings. The van der Waals surface area contributed by atoms with E-state index in [4.69, 9.17) is 6.42 Å². The number of hydrogen-bond acceptors (Lipinski definition) is 7. The van der Waals surface area contributed by atoms with Gasteiger partial charge in [-0.2, -0.15) is 0 Å². The van der Waals surface area contributed by atoms with Gasteiger partial charge >= 0.3 is 0 Å². The van der Waals surface area contributed by atoms with E-state index in [2.05, 4.69) is 31.1 Å². The van der Waals surface area contributed by atoms with Crippen LogP contribution in [0.15, 0.2) is 36.5 Å². The molecule has 0 spiro atoms. The van der Waals surface area contributed by atoms with Gasteiger partial charge in [0.15, 0.2) is 5.13 Å². The van der Waals surface area contributed by atoms with Crippen molar-refractivity contribution in [3.63, 3.8) is 0 Å². The van der Waals surface area contributed by atoms with Crippen molar-refractivity contribution in [3.05, 3.63) is 58.6 Å². The van der Waals surface area contributed by atoms with Gasteiger partial charge in [0.1, 0.15) is 23.3 Å². The largest absolute Gasteiger partial charge is 0.353 e. The fraction of sp³-hybridized carbons (Fsp3) is 0.308. The molecule has 1 fully saturated rings. The van der Waals surface area contributed by atoms with Crippen LogP contribution in [0.25, 0.3) is 12.2 Å². The van der Waals surface area contributed by atoms with Crippen LogP contribution in [-0.4, -0.2) is 51.9 Å². The highest BCUT2D eigenvalue weighted by Gasteiger charge is 2.22. The number of nitrogens with one attached hydrogen (secondary N) is 1. The predicted octanol–water partition coefficient (Wildman–Crippen LogP) is 4.75. The Labute approximate surface area is 208 Å². The molecule has 4 rings (SSSR count). The zero-order valence-corrected chi connectivity index (χ0v) is 20.4. The van der Waals surface area contributed by atoms with E-state index in [1.807, 2.05) is 30.0 Å². The van der Waals surface area contributed by atoms with Gasteiger partial charge in [-0.15, -0.1) is 12.3 Å². The quantitative estimate of drug-likeness (QED) is 0.363. The van der Waals surface area contributed by atoms with Gasteiger partial charge in [0.25, 0.3) is 0 Å². The number of nitrogens with zero attached hydrogens (tertiary/aromatic N) is 5. The van der Waals surface area contributed by atoms with E-state index in [0.717, 1.165) is 27.8 Å². The van der Waals surface area contributed by atoms with Crippen LogP contribution in [0.4, 0.5) is 21.2 Å². The molecule has 0 aliphatic carbocycles. The molecule has 3 aromatic rings. The Bertz CT molecular complexity index is 1230. The van der Waals surface area contributed by atoms with Crippen LogP contribution in [-0.2, 0) is 4.79 Å². The van der Waals surface area contributed by atoms with Crippen molar-refractivity contribution in [1.29, 1.82) is 0 Å². The van der Waals surface area contributed by atoms with Crippen molar-refractivity contribution in [2.75, 3.05) is 36.4 Å². The zero-order valence-electron chi connectivity index (χ0n) is 19.6. The van der Waals surface area contributed by atoms with Gasteiger partial charge in [-0.1, -0.05) is 29.5 Å². The normalized spacial score (nSPS) is 13.7. The number of amides is 1. The summed E-state index contributed by atoms with van der Waals surface area (Å²) >= 11 is 1.50. The summed E-state index contributed by atoms with van der Waals surface area (Å²) < 4.78 is 13.1. The molecule has 180 valence electrons. The molecule has 1 saturated heterocycles. The smallest absolute Gasteiger partial charge is 0.222 e. The minimum atomic E-state index is -0.252. The summed E-state index contributed by atoms with van der Waals surface area (Å²) in [6, 6.07) is 8.24. The van der Waals surface area contributed by atoms with Crippen molar-refractivity contribution in [3.8, 4) is 12.3 Å². The summed E-state index contributed by atoms with van der Waals surface area (Å²) in [5.74, 6) is 4.64. The van der Waals surface area contributed by atoms with Crippen LogP contribution in [0.2, 0.25) is 0 Å². The molecule has 3 heterocycles. The fourth-order valence-corrected chi connectivity index (χ4v) is 4.47. The number of benzene rings is 1. The number of aryl methyl sites for hydroxylation is 1. The summed E-state index contributed by atoms with van der Waals surface area (Å²) in [5, 5.41) is 3.99. The van der Waals surface area contributed by atoms with Gasteiger partial charge < -0.3 is 15.1 Å². The number of carbonyl (C=O) groups excluding carboxylic acids is 1. The summed E-state index contributed by atoms with van der Waals surface area (Å²) in [4.78, 5) is 30.9. The number of halogens is 1. The standard InChI is InChI=1S/C26H27FN6OS/c1-3-4-5-6-25(34)33-15-13-32(14-16-33)24-17-23(29-19(2)30-24)31-26-28-18-22(35-26)12-9-20-7-10-21(27)11-8-20/h1,7-12,17-18H,4-6,13-16H2,2H3,(H,28,29,30,31)/b12-9+. The Morgan fingerprint density at radius 3 is 2.71 bits per heavy atom. The average molecular weight is 491 g/mol. The second-order valence-electron chi connectivity index (χ2n) is 8.16. The number of aromatic nitrogens is 3. The molecule has 1 amide bonds. The van der Waals surface area contributed by atoms with Gasteiger partial charge in [0.05, 0.1) is 0 Å². The highest BCUT2D eigenvalue weighted by atomic mass is 32.1. The third kappa shape index (κ3) is 6.87. The van der Waals surface area contributed by atoms with Crippen molar-refractivity contribution in [2.24, 2.45) is 0 Å². The Kier molecular flexibility index (Phi) is 8.06. The van der Waals surface area contributed by atoms with E-state index in [1.54, 1.807) is 18.3 Å². The third-order valence-electron chi connectivity index (χ3n) is 5.56. The Morgan fingerprint density at radius 2 is 1.97 bits per heavy atom. The first-order valence-corrected chi connectivity index (χ1v) is 12.3. The molecular formula is C26H27FN6OS. The monoisotopic (exact) mass is 490 g/mol. The third-order valence-corrected chi connectivity index (χ3v) is 6.44. The number of carbonyl (C=O) groups is 1. The van der Waals surface area contributed by atoms with Gasteiger partial charge in [0.2, 0.25) is 5.91 Å². The molecule has 0 radical (unpaired) electrons. The van der Waals surface area contributed by atoms with Crippen molar-refractivity contribution in [2.45, 2.75) is 26.2 Å². The lowest BCUT2D eigenvalue weighted by Gasteiger charge is -2.35. The molecule has 7 nitrogen and oxygen atoms in total. The summed E-state index contributed by atoms with van der Waals surface area (Å²) in [6.07, 6.45) is 12.8. The first-order chi connectivity index (χ1) is 17.0. The van der Waals surface area contributed by atoms with E-state index >= 15 is 0 Å². The molecule has 0 saturated carbocycles. The minimum Gasteiger partial charge on any atom is -0.353 e. The summed E-state index contributed by atoms with van der Waals surface area (Å²) in [7, 11) is 0. The second kappa shape index (κ2) is 11.6. The molecule has 2 aromatic heterocycles. The van der Waals surface area contributed by atoms with E-state index in [0.29, 0.717) is 50.7 Å². The van der Waals surface area contributed by atoms with E-state index in [-0.39, 0.29) is 11.7 Å². The maximum Gasteiger partial charge on any atom is 0.222 e. The minimum absolute atomic E-state index is 0.161. The van der Waals surface area contributed by atoms with Crippen molar-refractivity contribution >= 4 is 46.2 Å². The van der Waals surface area contributed by atoms with Gasteiger partial charge in [-0.05, 0) is 37.1 Å². The van der Waals surface area contributed by atoms with Crippen LogP contribution >= 0.6 is 11.3 Å². The predicted molar refractivity (Wildman–Crippen MR) is 139 cm³/mol. The van der Waals surface area contributed by atoms with Gasteiger partial charge in [-0.3, -0.25) is 4.79 Å². The van der Waals surface area contributed by atoms with E-state index in [9.17, 15) is 9.18 Å². The highest BCUT2D eigenvalue weighted by Crippen LogP contribution is 2.25. The molecule has 1 aromatic carbocycles. The zero-order chi connectivity index (χ0) is 24.6. The van der Waals surface area contributed by atoms with Crippen LogP contribution in [0.1, 0.15) is 35.5 Å². The lowest BCUT2D eigenvalue weighted by atomic mass is 10.2. The van der Waals surface area contributed by atoms with Crippen molar-refractivity contribution in [1.82, 2.24) is 19.9 Å². The number of thiazole rings is 1. The first kappa shape index (κ1) is 24.4. The summed E-state index contributed by atoms with van der Waals surface area (Å²) in [5.41, 5.74) is 0.916. The number of anilines is 3. The number of terminal acetylenes is 1. The van der Waals surface area contributed by atoms with Crippen LogP contribution in [0.3, 0.4) is 0 Å². The summed E-state index contributed by atoms with van der Waals surface area (Å²) in [6.45, 7) is 4.62. The SMILES string of the molecule is C#CCCCC(=O)N1CCN(c2cc(Nc3ncc(/C=C/c4ccc(F)cc4)s3)nc(C)n2)CC1. The molecule has 0 unspecified atom stereocenters. The molecule has 1 N–H and O–H groups in total. The number of rotatable bonds is 8. The average Bonchev–Trinajstić information content (AvgIpc) is 3.30. The highest BCUT2D eigenvalue weighted by molar-refractivity contribution is 7.16. The van der Waals surface area contributed by atoms with Crippen molar-refractivity contribution < 1.29 is 9.18 Å². The molecule has 0 atom stereocenters. The molecule has 1 aliphatic heterocycles. The van der Waals surface area contributed by atoms with Crippen LogP contribution in [0.5, 0.6) is 0 Å². The van der Waals surface area contributed by atoms with Gasteiger partial charge in [0, 0.05) is 56.2 Å². The number of unbranched alkanes of at least 4 members (excludes halogenated alkanes) is 1.